The van der Waals surface area contributed by atoms with Crippen LogP contribution in [0.5, 0.6) is 5.75 Å². The third-order valence-corrected chi connectivity index (χ3v) is 6.98. The summed E-state index contributed by atoms with van der Waals surface area (Å²) in [7, 11) is 1.73. The van der Waals surface area contributed by atoms with Crippen molar-refractivity contribution in [2.45, 2.75) is 25.9 Å². The summed E-state index contributed by atoms with van der Waals surface area (Å²) < 4.78 is 12.3. The van der Waals surface area contributed by atoms with E-state index in [0.717, 1.165) is 22.6 Å². The lowest BCUT2D eigenvalue weighted by Gasteiger charge is -2.47. The highest BCUT2D eigenvalue weighted by atomic mass is 16.6. The van der Waals surface area contributed by atoms with E-state index in [-0.39, 0.29) is 28.6 Å². The number of rotatable bonds is 4. The molecule has 0 saturated carbocycles. The van der Waals surface area contributed by atoms with Crippen LogP contribution in [0.2, 0.25) is 0 Å². The number of fused-ring (bicyclic) bond motifs is 2. The van der Waals surface area contributed by atoms with Crippen molar-refractivity contribution < 1.29 is 14.4 Å². The predicted molar refractivity (Wildman–Crippen MR) is 127 cm³/mol. The zero-order valence-electron chi connectivity index (χ0n) is 18.9. The van der Waals surface area contributed by atoms with E-state index < -0.39 is 5.41 Å². The SMILES string of the molecule is COC1c2ccccc2OCC1[C@H]1c2ccccc2N=C(c2ccccc2[N+](=O)[O-])C1(C)C. The highest BCUT2D eigenvalue weighted by Gasteiger charge is 2.49. The van der Waals surface area contributed by atoms with Crippen LogP contribution in [0.1, 0.15) is 42.6 Å². The second kappa shape index (κ2) is 8.12. The first-order valence-corrected chi connectivity index (χ1v) is 11.1. The van der Waals surface area contributed by atoms with Gasteiger partial charge in [-0.3, -0.25) is 15.1 Å². The largest absolute Gasteiger partial charge is 0.493 e. The van der Waals surface area contributed by atoms with Crippen molar-refractivity contribution in [3.63, 3.8) is 0 Å². The number of aliphatic imine (C=N–C) groups is 1. The van der Waals surface area contributed by atoms with E-state index in [1.165, 1.54) is 0 Å². The molecule has 3 atom stereocenters. The van der Waals surface area contributed by atoms with E-state index in [2.05, 4.69) is 26.0 Å². The van der Waals surface area contributed by atoms with Crippen molar-refractivity contribution in [1.29, 1.82) is 0 Å². The third-order valence-electron chi connectivity index (χ3n) is 6.98. The van der Waals surface area contributed by atoms with Crippen molar-refractivity contribution in [3.8, 4) is 5.75 Å². The lowest BCUT2D eigenvalue weighted by Crippen LogP contribution is -2.44. The lowest BCUT2D eigenvalue weighted by molar-refractivity contribution is -0.385. The summed E-state index contributed by atoms with van der Waals surface area (Å²) in [4.78, 5) is 16.5. The van der Waals surface area contributed by atoms with Gasteiger partial charge in [0.05, 0.1) is 34.6 Å². The molecule has 0 amide bonds. The maximum absolute atomic E-state index is 11.9. The first-order valence-electron chi connectivity index (χ1n) is 11.1. The minimum atomic E-state index is -0.516. The fourth-order valence-corrected chi connectivity index (χ4v) is 5.58. The minimum absolute atomic E-state index is 0.00526. The van der Waals surface area contributed by atoms with Gasteiger partial charge >= 0.3 is 0 Å². The normalized spacial score (nSPS) is 23.0. The summed E-state index contributed by atoms with van der Waals surface area (Å²) in [5.74, 6) is 0.809. The van der Waals surface area contributed by atoms with Gasteiger partial charge in [-0.05, 0) is 23.8 Å². The third kappa shape index (κ3) is 3.42. The molecule has 2 heterocycles. The minimum Gasteiger partial charge on any atom is -0.493 e. The summed E-state index contributed by atoms with van der Waals surface area (Å²) >= 11 is 0. The molecule has 0 aromatic heterocycles. The smallest absolute Gasteiger partial charge is 0.278 e. The van der Waals surface area contributed by atoms with Crippen LogP contribution in [0.3, 0.4) is 0 Å². The Balaban J connectivity index is 1.70. The number of nitrogens with zero attached hydrogens (tertiary/aromatic N) is 2. The molecule has 2 unspecified atom stereocenters. The molecule has 3 aromatic rings. The maximum Gasteiger partial charge on any atom is 0.278 e. The summed E-state index contributed by atoms with van der Waals surface area (Å²) in [6.07, 6.45) is -0.169. The molecule has 5 rings (SSSR count). The van der Waals surface area contributed by atoms with E-state index in [4.69, 9.17) is 14.5 Å². The van der Waals surface area contributed by atoms with Gasteiger partial charge in [0.15, 0.2) is 0 Å². The molecule has 3 aromatic carbocycles. The Kier molecular flexibility index (Phi) is 5.25. The maximum atomic E-state index is 11.9. The standard InChI is InChI=1S/C27H26N2O4/c1-27(2)24(20-16-33-23-15-9-6-12-19(23)25(20)32-3)17-10-4-7-13-21(17)28-26(27)18-11-5-8-14-22(18)29(30)31/h4-15,20,24-25H,16H2,1-3H3/t20?,24-,25?/m1/s1. The van der Waals surface area contributed by atoms with Crippen LogP contribution in [0.4, 0.5) is 11.4 Å². The Labute approximate surface area is 193 Å². The van der Waals surface area contributed by atoms with Crippen molar-refractivity contribution in [3.05, 3.63) is 99.6 Å². The van der Waals surface area contributed by atoms with Gasteiger partial charge in [0, 0.05) is 36.0 Å². The van der Waals surface area contributed by atoms with Gasteiger partial charge in [-0.25, -0.2) is 0 Å². The first kappa shape index (κ1) is 21.3. The Morgan fingerprint density at radius 2 is 1.67 bits per heavy atom. The second-order valence-electron chi connectivity index (χ2n) is 9.16. The quantitative estimate of drug-likeness (QED) is 0.354. The highest BCUT2D eigenvalue weighted by Crippen LogP contribution is 2.56. The van der Waals surface area contributed by atoms with Crippen LogP contribution in [-0.2, 0) is 4.74 Å². The van der Waals surface area contributed by atoms with Crippen molar-refractivity contribution in [1.82, 2.24) is 0 Å². The van der Waals surface area contributed by atoms with Crippen LogP contribution in [0.15, 0.2) is 77.8 Å². The van der Waals surface area contributed by atoms with E-state index >= 15 is 0 Å². The fraction of sp³-hybridized carbons (Fsp3) is 0.296. The van der Waals surface area contributed by atoms with E-state index in [9.17, 15) is 10.1 Å². The molecule has 0 fully saturated rings. The summed E-state index contributed by atoms with van der Waals surface area (Å²) in [5, 5.41) is 11.9. The van der Waals surface area contributed by atoms with E-state index in [1.54, 1.807) is 25.3 Å². The molecule has 6 heteroatoms. The average molecular weight is 443 g/mol. The van der Waals surface area contributed by atoms with Crippen LogP contribution in [0.25, 0.3) is 0 Å². The van der Waals surface area contributed by atoms with Crippen molar-refractivity contribution >= 4 is 17.1 Å². The predicted octanol–water partition coefficient (Wildman–Crippen LogP) is 6.24. The molecule has 2 aliphatic rings. The number of nitro groups is 1. The van der Waals surface area contributed by atoms with Crippen molar-refractivity contribution in [2.24, 2.45) is 16.3 Å². The van der Waals surface area contributed by atoms with Gasteiger partial charge in [-0.2, -0.15) is 0 Å². The van der Waals surface area contributed by atoms with Crippen LogP contribution in [-0.4, -0.2) is 24.4 Å². The Hall–Kier alpha value is -3.51. The number of ether oxygens (including phenoxy) is 2. The lowest BCUT2D eigenvalue weighted by atomic mass is 9.61. The van der Waals surface area contributed by atoms with Crippen LogP contribution in [0, 0.1) is 21.4 Å². The number of methoxy groups -OCH3 is 1. The first-order chi connectivity index (χ1) is 15.9. The topological polar surface area (TPSA) is 74.0 Å². The van der Waals surface area contributed by atoms with Gasteiger partial charge in [0.25, 0.3) is 5.69 Å². The molecule has 0 N–H and O–H groups in total. The van der Waals surface area contributed by atoms with Gasteiger partial charge in [0.2, 0.25) is 0 Å². The molecular weight excluding hydrogens is 416 g/mol. The molecule has 0 spiro atoms. The molecule has 2 aliphatic heterocycles. The number of hydrogen-bond acceptors (Lipinski definition) is 5. The molecule has 0 aliphatic carbocycles. The summed E-state index contributed by atoms with van der Waals surface area (Å²) in [5.41, 5.74) is 3.79. The van der Waals surface area contributed by atoms with E-state index in [1.807, 2.05) is 42.5 Å². The zero-order valence-corrected chi connectivity index (χ0v) is 18.9. The van der Waals surface area contributed by atoms with Crippen LogP contribution >= 0.6 is 0 Å². The summed E-state index contributed by atoms with van der Waals surface area (Å²) in [6.45, 7) is 4.73. The molecule has 33 heavy (non-hydrogen) atoms. The summed E-state index contributed by atoms with van der Waals surface area (Å²) in [6, 6.07) is 22.9. The fourth-order valence-electron chi connectivity index (χ4n) is 5.58. The number of para-hydroxylation sites is 3. The Morgan fingerprint density at radius 1 is 1.00 bits per heavy atom. The molecule has 168 valence electrons. The van der Waals surface area contributed by atoms with E-state index in [0.29, 0.717) is 17.9 Å². The Bertz CT molecular complexity index is 1250. The van der Waals surface area contributed by atoms with Crippen LogP contribution < -0.4 is 4.74 Å². The second-order valence-corrected chi connectivity index (χ2v) is 9.16. The Morgan fingerprint density at radius 3 is 2.42 bits per heavy atom. The number of nitro benzene ring substituents is 1. The average Bonchev–Trinajstić information content (AvgIpc) is 2.82. The van der Waals surface area contributed by atoms with Gasteiger partial charge in [0.1, 0.15) is 5.75 Å². The molecule has 0 bridgehead atoms. The number of benzene rings is 3. The number of hydrogen-bond donors (Lipinski definition) is 0. The van der Waals surface area contributed by atoms with Gasteiger partial charge < -0.3 is 9.47 Å². The van der Waals surface area contributed by atoms with Crippen molar-refractivity contribution in [2.75, 3.05) is 13.7 Å². The van der Waals surface area contributed by atoms with Gasteiger partial charge in [-0.1, -0.05) is 62.4 Å². The molecule has 0 radical (unpaired) electrons. The molecule has 6 nitrogen and oxygen atoms in total. The highest BCUT2D eigenvalue weighted by molar-refractivity contribution is 6.10. The zero-order chi connectivity index (χ0) is 23.2. The molecule has 0 saturated heterocycles. The monoisotopic (exact) mass is 442 g/mol. The molecular formula is C27H26N2O4. The van der Waals surface area contributed by atoms with Gasteiger partial charge in [-0.15, -0.1) is 0 Å².